The summed E-state index contributed by atoms with van der Waals surface area (Å²) in [6.45, 7) is 2.70. The Kier molecular flexibility index (Phi) is 3.91. The molecule has 0 spiro atoms. The highest BCUT2D eigenvalue weighted by atomic mass is 16.1. The van der Waals surface area contributed by atoms with Gasteiger partial charge in [0.15, 0.2) is 0 Å². The van der Waals surface area contributed by atoms with Gasteiger partial charge in [-0.3, -0.25) is 4.79 Å². The number of aromatic nitrogens is 1. The number of hydrogen-bond donors (Lipinski definition) is 2. The molecule has 4 heteroatoms. The predicted molar refractivity (Wildman–Crippen MR) is 56.4 cm³/mol. The van der Waals surface area contributed by atoms with Crippen molar-refractivity contribution in [2.75, 3.05) is 18.9 Å². The van der Waals surface area contributed by atoms with E-state index in [1.807, 2.05) is 20.0 Å². The van der Waals surface area contributed by atoms with Gasteiger partial charge in [-0.15, -0.1) is 0 Å². The SMILES string of the molecule is CCCNC(=O)c1ccc(NC)cn1. The molecule has 0 unspecified atom stereocenters. The quantitative estimate of drug-likeness (QED) is 0.757. The first kappa shape index (κ1) is 10.5. The van der Waals surface area contributed by atoms with E-state index in [0.29, 0.717) is 12.2 Å². The lowest BCUT2D eigenvalue weighted by Crippen LogP contribution is -2.24. The number of anilines is 1. The van der Waals surface area contributed by atoms with E-state index in [-0.39, 0.29) is 5.91 Å². The lowest BCUT2D eigenvalue weighted by molar-refractivity contribution is 0.0949. The van der Waals surface area contributed by atoms with Gasteiger partial charge in [0.1, 0.15) is 5.69 Å². The summed E-state index contributed by atoms with van der Waals surface area (Å²) in [6.07, 6.45) is 2.57. The maximum absolute atomic E-state index is 11.4. The summed E-state index contributed by atoms with van der Waals surface area (Å²) in [5, 5.41) is 5.71. The largest absolute Gasteiger partial charge is 0.387 e. The first-order valence-electron chi connectivity index (χ1n) is 4.70. The average molecular weight is 193 g/mol. The van der Waals surface area contributed by atoms with Crippen LogP contribution < -0.4 is 10.6 Å². The van der Waals surface area contributed by atoms with E-state index in [0.717, 1.165) is 12.1 Å². The molecule has 1 amide bonds. The van der Waals surface area contributed by atoms with Crippen LogP contribution in [0.5, 0.6) is 0 Å². The predicted octanol–water partition coefficient (Wildman–Crippen LogP) is 1.26. The van der Waals surface area contributed by atoms with E-state index in [4.69, 9.17) is 0 Å². The Bertz CT molecular complexity index is 295. The van der Waals surface area contributed by atoms with Gasteiger partial charge in [0, 0.05) is 13.6 Å². The summed E-state index contributed by atoms with van der Waals surface area (Å²) in [6, 6.07) is 3.53. The maximum atomic E-state index is 11.4. The van der Waals surface area contributed by atoms with E-state index in [2.05, 4.69) is 15.6 Å². The van der Waals surface area contributed by atoms with Crippen LogP contribution in [0, 0.1) is 0 Å². The Labute approximate surface area is 83.7 Å². The zero-order chi connectivity index (χ0) is 10.4. The number of rotatable bonds is 4. The summed E-state index contributed by atoms with van der Waals surface area (Å²) in [5.74, 6) is -0.116. The van der Waals surface area contributed by atoms with Crippen LogP contribution in [0.1, 0.15) is 23.8 Å². The van der Waals surface area contributed by atoms with Crippen molar-refractivity contribution < 1.29 is 4.79 Å². The Balaban J connectivity index is 2.62. The Morgan fingerprint density at radius 3 is 2.79 bits per heavy atom. The Hall–Kier alpha value is -1.58. The fourth-order valence-electron chi connectivity index (χ4n) is 1.01. The minimum atomic E-state index is -0.116. The molecular formula is C10H15N3O. The van der Waals surface area contributed by atoms with Crippen molar-refractivity contribution in [2.45, 2.75) is 13.3 Å². The van der Waals surface area contributed by atoms with Crippen LogP contribution in [0.3, 0.4) is 0 Å². The standard InChI is InChI=1S/C10H15N3O/c1-3-6-12-10(14)9-5-4-8(11-2)7-13-9/h4-5,7,11H,3,6H2,1-2H3,(H,12,14). The molecule has 1 rings (SSSR count). The molecule has 76 valence electrons. The molecule has 0 radical (unpaired) electrons. The molecule has 0 fully saturated rings. The molecule has 0 aliphatic carbocycles. The topological polar surface area (TPSA) is 54.0 Å². The zero-order valence-corrected chi connectivity index (χ0v) is 8.50. The Morgan fingerprint density at radius 1 is 1.50 bits per heavy atom. The van der Waals surface area contributed by atoms with Gasteiger partial charge in [-0.05, 0) is 18.6 Å². The molecule has 0 aromatic carbocycles. The van der Waals surface area contributed by atoms with Gasteiger partial charge >= 0.3 is 0 Å². The fraction of sp³-hybridized carbons (Fsp3) is 0.400. The van der Waals surface area contributed by atoms with Crippen LogP contribution in [0.4, 0.5) is 5.69 Å². The molecule has 0 aliphatic rings. The third-order valence-corrected chi connectivity index (χ3v) is 1.82. The van der Waals surface area contributed by atoms with Crippen molar-refractivity contribution in [3.8, 4) is 0 Å². The molecule has 0 saturated carbocycles. The summed E-state index contributed by atoms with van der Waals surface area (Å²) in [7, 11) is 1.81. The average Bonchev–Trinajstić information content (AvgIpc) is 2.26. The number of hydrogen-bond acceptors (Lipinski definition) is 3. The van der Waals surface area contributed by atoms with Crippen molar-refractivity contribution in [3.63, 3.8) is 0 Å². The number of carbonyl (C=O) groups excluding carboxylic acids is 1. The molecule has 0 aliphatic heterocycles. The molecule has 0 bridgehead atoms. The molecule has 1 heterocycles. The number of carbonyl (C=O) groups is 1. The minimum Gasteiger partial charge on any atom is -0.387 e. The van der Waals surface area contributed by atoms with Gasteiger partial charge in [-0.25, -0.2) is 4.98 Å². The molecular weight excluding hydrogens is 178 g/mol. The number of pyridine rings is 1. The van der Waals surface area contributed by atoms with Gasteiger partial charge in [-0.2, -0.15) is 0 Å². The normalized spacial score (nSPS) is 9.57. The minimum absolute atomic E-state index is 0.116. The van der Waals surface area contributed by atoms with Crippen molar-refractivity contribution >= 4 is 11.6 Å². The van der Waals surface area contributed by atoms with E-state index in [9.17, 15) is 4.79 Å². The van der Waals surface area contributed by atoms with Crippen LogP contribution >= 0.6 is 0 Å². The molecule has 14 heavy (non-hydrogen) atoms. The number of nitrogens with zero attached hydrogens (tertiary/aromatic N) is 1. The maximum Gasteiger partial charge on any atom is 0.269 e. The van der Waals surface area contributed by atoms with Gasteiger partial charge in [-0.1, -0.05) is 6.92 Å². The lowest BCUT2D eigenvalue weighted by Gasteiger charge is -2.03. The van der Waals surface area contributed by atoms with E-state index in [1.54, 1.807) is 12.3 Å². The van der Waals surface area contributed by atoms with Crippen LogP contribution in [-0.4, -0.2) is 24.5 Å². The highest BCUT2D eigenvalue weighted by Gasteiger charge is 2.04. The summed E-state index contributed by atoms with van der Waals surface area (Å²) >= 11 is 0. The van der Waals surface area contributed by atoms with E-state index < -0.39 is 0 Å². The third kappa shape index (κ3) is 2.73. The molecule has 1 aromatic heterocycles. The van der Waals surface area contributed by atoms with Crippen LogP contribution in [0.15, 0.2) is 18.3 Å². The van der Waals surface area contributed by atoms with Crippen LogP contribution in [0.25, 0.3) is 0 Å². The van der Waals surface area contributed by atoms with E-state index >= 15 is 0 Å². The highest BCUT2D eigenvalue weighted by Crippen LogP contribution is 2.04. The van der Waals surface area contributed by atoms with Gasteiger partial charge in [0.2, 0.25) is 0 Å². The summed E-state index contributed by atoms with van der Waals surface area (Å²) in [4.78, 5) is 15.4. The molecule has 4 nitrogen and oxygen atoms in total. The molecule has 0 atom stereocenters. The van der Waals surface area contributed by atoms with Gasteiger partial charge < -0.3 is 10.6 Å². The fourth-order valence-corrected chi connectivity index (χ4v) is 1.01. The monoisotopic (exact) mass is 193 g/mol. The lowest BCUT2D eigenvalue weighted by atomic mass is 10.3. The highest BCUT2D eigenvalue weighted by molar-refractivity contribution is 5.92. The summed E-state index contributed by atoms with van der Waals surface area (Å²) < 4.78 is 0. The second kappa shape index (κ2) is 5.21. The first-order chi connectivity index (χ1) is 6.77. The van der Waals surface area contributed by atoms with E-state index in [1.165, 1.54) is 0 Å². The van der Waals surface area contributed by atoms with Crippen molar-refractivity contribution in [1.29, 1.82) is 0 Å². The van der Waals surface area contributed by atoms with Crippen molar-refractivity contribution in [3.05, 3.63) is 24.0 Å². The smallest absolute Gasteiger partial charge is 0.269 e. The molecule has 0 saturated heterocycles. The molecule has 1 aromatic rings. The van der Waals surface area contributed by atoms with Crippen molar-refractivity contribution in [1.82, 2.24) is 10.3 Å². The van der Waals surface area contributed by atoms with Crippen LogP contribution in [-0.2, 0) is 0 Å². The van der Waals surface area contributed by atoms with Crippen LogP contribution in [0.2, 0.25) is 0 Å². The number of amides is 1. The zero-order valence-electron chi connectivity index (χ0n) is 8.50. The van der Waals surface area contributed by atoms with Gasteiger partial charge in [0.25, 0.3) is 5.91 Å². The first-order valence-corrected chi connectivity index (χ1v) is 4.70. The van der Waals surface area contributed by atoms with Crippen molar-refractivity contribution in [2.24, 2.45) is 0 Å². The second-order valence-corrected chi connectivity index (χ2v) is 2.94. The Morgan fingerprint density at radius 2 is 2.29 bits per heavy atom. The molecule has 2 N–H and O–H groups in total. The third-order valence-electron chi connectivity index (χ3n) is 1.82. The number of nitrogens with one attached hydrogen (secondary N) is 2. The summed E-state index contributed by atoms with van der Waals surface area (Å²) in [5.41, 5.74) is 1.36. The second-order valence-electron chi connectivity index (χ2n) is 2.94. The van der Waals surface area contributed by atoms with Gasteiger partial charge in [0.05, 0.1) is 11.9 Å².